The first-order valence-corrected chi connectivity index (χ1v) is 10.7. The summed E-state index contributed by atoms with van der Waals surface area (Å²) in [4.78, 5) is 48.9. The van der Waals surface area contributed by atoms with E-state index in [2.05, 4.69) is 5.32 Å². The number of thioether (sulfide) groups is 1. The molecule has 0 radical (unpaired) electrons. The van der Waals surface area contributed by atoms with Crippen LogP contribution in [0.25, 0.3) is 17.4 Å². The van der Waals surface area contributed by atoms with E-state index < -0.39 is 28.5 Å². The lowest BCUT2D eigenvalue weighted by molar-refractivity contribution is -0.384. The molecule has 0 atom stereocenters. The second-order valence-electron chi connectivity index (χ2n) is 6.77. The molecule has 33 heavy (non-hydrogen) atoms. The maximum Gasteiger partial charge on any atom is 0.294 e. The van der Waals surface area contributed by atoms with Crippen LogP contribution in [0.2, 0.25) is 5.02 Å². The molecule has 2 heterocycles. The molecule has 1 fully saturated rings. The van der Waals surface area contributed by atoms with E-state index in [1.54, 1.807) is 42.5 Å². The first-order valence-electron chi connectivity index (χ1n) is 9.47. The summed E-state index contributed by atoms with van der Waals surface area (Å²) in [5.74, 6) is -0.757. The van der Waals surface area contributed by atoms with E-state index in [-0.39, 0.29) is 27.7 Å². The maximum atomic E-state index is 12.7. The molecule has 11 heteroatoms. The lowest BCUT2D eigenvalue weighted by Crippen LogP contribution is -2.36. The van der Waals surface area contributed by atoms with Crippen LogP contribution in [0.1, 0.15) is 5.76 Å². The summed E-state index contributed by atoms with van der Waals surface area (Å²) in [7, 11) is 0. The highest BCUT2D eigenvalue weighted by atomic mass is 35.5. The Hall–Kier alpha value is -3.89. The fourth-order valence-corrected chi connectivity index (χ4v) is 4.08. The van der Waals surface area contributed by atoms with Gasteiger partial charge in [0.2, 0.25) is 5.91 Å². The van der Waals surface area contributed by atoms with Crippen molar-refractivity contribution in [1.29, 1.82) is 0 Å². The third-order valence-corrected chi connectivity index (χ3v) is 5.83. The Bertz CT molecular complexity index is 1320. The van der Waals surface area contributed by atoms with Gasteiger partial charge in [0.1, 0.15) is 18.1 Å². The quantitative estimate of drug-likeness (QED) is 0.291. The smallest absolute Gasteiger partial charge is 0.294 e. The SMILES string of the molecule is O=C(CN1C(=O)S/C(=C\c2ccc(-c3ccccc3[N+](=O)[O-])o2)C1=O)Nc1ccccc1Cl. The van der Waals surface area contributed by atoms with Crippen molar-refractivity contribution >= 4 is 57.9 Å². The van der Waals surface area contributed by atoms with Gasteiger partial charge in [-0.25, -0.2) is 0 Å². The molecule has 1 aliphatic rings. The second-order valence-corrected chi connectivity index (χ2v) is 8.17. The highest BCUT2D eigenvalue weighted by molar-refractivity contribution is 8.18. The Kier molecular flexibility index (Phi) is 6.29. The summed E-state index contributed by atoms with van der Waals surface area (Å²) >= 11 is 6.67. The van der Waals surface area contributed by atoms with Crippen molar-refractivity contribution < 1.29 is 23.7 Å². The fourth-order valence-electron chi connectivity index (χ4n) is 3.08. The maximum absolute atomic E-state index is 12.7. The van der Waals surface area contributed by atoms with Gasteiger partial charge in [-0.1, -0.05) is 35.9 Å². The number of nitro benzene ring substituents is 1. The lowest BCUT2D eigenvalue weighted by Gasteiger charge is -2.13. The molecule has 2 aromatic carbocycles. The van der Waals surface area contributed by atoms with E-state index in [1.165, 1.54) is 24.3 Å². The van der Waals surface area contributed by atoms with E-state index in [1.807, 2.05) is 0 Å². The monoisotopic (exact) mass is 483 g/mol. The Morgan fingerprint density at radius 1 is 1.12 bits per heavy atom. The molecular formula is C22H14ClN3O6S. The molecule has 0 unspecified atom stereocenters. The molecule has 0 saturated carbocycles. The van der Waals surface area contributed by atoms with Crippen LogP contribution in [-0.4, -0.2) is 33.4 Å². The number of nitrogens with one attached hydrogen (secondary N) is 1. The molecule has 166 valence electrons. The molecule has 0 bridgehead atoms. The minimum atomic E-state index is -0.650. The van der Waals surface area contributed by atoms with Gasteiger partial charge in [-0.05, 0) is 42.1 Å². The van der Waals surface area contributed by atoms with Crippen LogP contribution in [-0.2, 0) is 9.59 Å². The van der Waals surface area contributed by atoms with Crippen LogP contribution in [0, 0.1) is 10.1 Å². The molecule has 0 aliphatic carbocycles. The predicted molar refractivity (Wildman–Crippen MR) is 124 cm³/mol. The molecule has 1 N–H and O–H groups in total. The number of amides is 3. The molecule has 1 aliphatic heterocycles. The Labute approximate surface area is 196 Å². The zero-order valence-electron chi connectivity index (χ0n) is 16.7. The number of carbonyl (C=O) groups is 3. The number of nitrogens with zero attached hydrogens (tertiary/aromatic N) is 2. The molecule has 9 nitrogen and oxygen atoms in total. The standard InChI is InChI=1S/C22H14ClN3O6S/c23-15-6-2-3-7-16(15)24-20(27)12-25-21(28)19(33-22(25)29)11-13-9-10-18(32-13)14-5-1-4-8-17(14)26(30)31/h1-11H,12H2,(H,24,27)/b19-11-. The van der Waals surface area contributed by atoms with Crippen molar-refractivity contribution in [2.24, 2.45) is 0 Å². The first-order chi connectivity index (χ1) is 15.8. The molecule has 1 saturated heterocycles. The number of imide groups is 1. The zero-order chi connectivity index (χ0) is 23.5. The Balaban J connectivity index is 1.49. The number of hydrogen-bond acceptors (Lipinski definition) is 7. The van der Waals surface area contributed by atoms with E-state index in [0.29, 0.717) is 22.5 Å². The van der Waals surface area contributed by atoms with Gasteiger partial charge < -0.3 is 9.73 Å². The minimum Gasteiger partial charge on any atom is -0.456 e. The summed E-state index contributed by atoms with van der Waals surface area (Å²) in [6, 6.07) is 15.7. The van der Waals surface area contributed by atoms with Crippen molar-refractivity contribution in [3.63, 3.8) is 0 Å². The van der Waals surface area contributed by atoms with Crippen LogP contribution in [0.4, 0.5) is 16.2 Å². The molecule has 3 amide bonds. The van der Waals surface area contributed by atoms with Crippen LogP contribution >= 0.6 is 23.4 Å². The van der Waals surface area contributed by atoms with Gasteiger partial charge in [-0.15, -0.1) is 0 Å². The number of nitro groups is 1. The van der Waals surface area contributed by atoms with Gasteiger partial charge in [0.25, 0.3) is 16.8 Å². The van der Waals surface area contributed by atoms with Crippen molar-refractivity contribution in [3.8, 4) is 11.3 Å². The van der Waals surface area contributed by atoms with Crippen LogP contribution in [0.5, 0.6) is 0 Å². The zero-order valence-corrected chi connectivity index (χ0v) is 18.3. The van der Waals surface area contributed by atoms with Crippen molar-refractivity contribution in [1.82, 2.24) is 4.90 Å². The highest BCUT2D eigenvalue weighted by Gasteiger charge is 2.36. The largest absolute Gasteiger partial charge is 0.456 e. The number of rotatable bonds is 6. The van der Waals surface area contributed by atoms with Crippen LogP contribution in [0.15, 0.2) is 70.0 Å². The van der Waals surface area contributed by atoms with Crippen molar-refractivity contribution in [2.75, 3.05) is 11.9 Å². The van der Waals surface area contributed by atoms with Gasteiger partial charge in [0.05, 0.1) is 26.1 Å². The van der Waals surface area contributed by atoms with Gasteiger partial charge in [0, 0.05) is 12.1 Å². The lowest BCUT2D eigenvalue weighted by atomic mass is 10.1. The van der Waals surface area contributed by atoms with E-state index >= 15 is 0 Å². The second kappa shape index (κ2) is 9.31. The summed E-state index contributed by atoms with van der Waals surface area (Å²) in [5.41, 5.74) is 0.527. The Morgan fingerprint density at radius 2 is 1.85 bits per heavy atom. The number of hydrogen-bond donors (Lipinski definition) is 1. The van der Waals surface area contributed by atoms with Gasteiger partial charge >= 0.3 is 0 Å². The molecular weight excluding hydrogens is 470 g/mol. The topological polar surface area (TPSA) is 123 Å². The van der Waals surface area contributed by atoms with Gasteiger partial charge in [-0.2, -0.15) is 0 Å². The van der Waals surface area contributed by atoms with Crippen LogP contribution in [0.3, 0.4) is 0 Å². The fraction of sp³-hybridized carbons (Fsp3) is 0.0455. The van der Waals surface area contributed by atoms with E-state index in [9.17, 15) is 24.5 Å². The summed E-state index contributed by atoms with van der Waals surface area (Å²) in [6.45, 7) is -0.479. The first kappa shape index (κ1) is 22.3. The Morgan fingerprint density at radius 3 is 2.61 bits per heavy atom. The number of para-hydroxylation sites is 2. The summed E-state index contributed by atoms with van der Waals surface area (Å²) in [6.07, 6.45) is 1.36. The average Bonchev–Trinajstić information content (AvgIpc) is 3.35. The number of anilines is 1. The summed E-state index contributed by atoms with van der Waals surface area (Å²) < 4.78 is 5.64. The van der Waals surface area contributed by atoms with Crippen molar-refractivity contribution in [3.05, 3.63) is 86.5 Å². The van der Waals surface area contributed by atoms with Crippen LogP contribution < -0.4 is 5.32 Å². The third-order valence-electron chi connectivity index (χ3n) is 4.59. The summed E-state index contributed by atoms with van der Waals surface area (Å²) in [5, 5.41) is 13.5. The number of halogens is 1. The number of carbonyl (C=O) groups excluding carboxylic acids is 3. The molecule has 0 spiro atoms. The van der Waals surface area contributed by atoms with E-state index in [4.69, 9.17) is 16.0 Å². The third kappa shape index (κ3) is 4.81. The number of benzene rings is 2. The van der Waals surface area contributed by atoms with Crippen molar-refractivity contribution in [2.45, 2.75) is 0 Å². The van der Waals surface area contributed by atoms with E-state index in [0.717, 1.165) is 4.90 Å². The number of furan rings is 1. The molecule has 3 aromatic rings. The predicted octanol–water partition coefficient (Wildman–Crippen LogP) is 5.18. The minimum absolute atomic E-state index is 0.0639. The molecule has 4 rings (SSSR count). The molecule has 1 aromatic heterocycles. The average molecular weight is 484 g/mol. The van der Waals surface area contributed by atoms with Gasteiger partial charge in [-0.3, -0.25) is 29.4 Å². The normalized spacial score (nSPS) is 14.7. The highest BCUT2D eigenvalue weighted by Crippen LogP contribution is 2.35. The van der Waals surface area contributed by atoms with Gasteiger partial charge in [0.15, 0.2) is 0 Å².